The summed E-state index contributed by atoms with van der Waals surface area (Å²) in [5.41, 5.74) is 5.13. The van der Waals surface area contributed by atoms with Crippen molar-refractivity contribution < 1.29 is 0 Å². The summed E-state index contributed by atoms with van der Waals surface area (Å²) in [5.74, 6) is 0.463. The summed E-state index contributed by atoms with van der Waals surface area (Å²) in [4.78, 5) is 0. The monoisotopic (exact) mass is 319 g/mol. The summed E-state index contributed by atoms with van der Waals surface area (Å²) in [7, 11) is 0. The van der Waals surface area contributed by atoms with Gasteiger partial charge in [-0.05, 0) is 30.2 Å². The number of rotatable bonds is 2. The Balaban J connectivity index is 2.13. The van der Waals surface area contributed by atoms with E-state index in [0.717, 1.165) is 29.7 Å². The van der Waals surface area contributed by atoms with Gasteiger partial charge < -0.3 is 5.32 Å². The van der Waals surface area contributed by atoms with Crippen LogP contribution in [0, 0.1) is 0 Å². The SMILES string of the molecule is CC(C)c1nn(-c2ccc(Br)cc2)c2c1CNCC2. The molecule has 4 heteroatoms. The van der Waals surface area contributed by atoms with Crippen LogP contribution in [0.15, 0.2) is 28.7 Å². The van der Waals surface area contributed by atoms with E-state index in [1.54, 1.807) is 0 Å². The van der Waals surface area contributed by atoms with Gasteiger partial charge in [0.15, 0.2) is 0 Å². The van der Waals surface area contributed by atoms with Crippen LogP contribution in [0.25, 0.3) is 5.69 Å². The van der Waals surface area contributed by atoms with Crippen molar-refractivity contribution in [3.8, 4) is 5.69 Å². The molecule has 3 nitrogen and oxygen atoms in total. The summed E-state index contributed by atoms with van der Waals surface area (Å²) in [6.45, 7) is 6.40. The van der Waals surface area contributed by atoms with Gasteiger partial charge in [-0.2, -0.15) is 5.10 Å². The first kappa shape index (κ1) is 12.9. The predicted octanol–water partition coefficient (Wildman–Crippen LogP) is 3.40. The zero-order valence-corrected chi connectivity index (χ0v) is 12.9. The number of aromatic nitrogens is 2. The molecule has 0 fully saturated rings. The third kappa shape index (κ3) is 2.35. The number of hydrogen-bond acceptors (Lipinski definition) is 2. The van der Waals surface area contributed by atoms with Crippen LogP contribution in [-0.2, 0) is 13.0 Å². The van der Waals surface area contributed by atoms with Gasteiger partial charge in [0.2, 0.25) is 0 Å². The second-order valence-electron chi connectivity index (χ2n) is 5.28. The lowest BCUT2D eigenvalue weighted by Gasteiger charge is -2.16. The molecule has 2 heterocycles. The molecule has 0 saturated carbocycles. The van der Waals surface area contributed by atoms with E-state index in [2.05, 4.69) is 64.0 Å². The van der Waals surface area contributed by atoms with Crippen LogP contribution in [0.5, 0.6) is 0 Å². The molecule has 1 aromatic carbocycles. The Morgan fingerprint density at radius 3 is 2.68 bits per heavy atom. The summed E-state index contributed by atoms with van der Waals surface area (Å²) < 4.78 is 3.22. The highest BCUT2D eigenvalue weighted by Crippen LogP contribution is 2.27. The zero-order valence-electron chi connectivity index (χ0n) is 11.3. The maximum Gasteiger partial charge on any atom is 0.0702 e. The third-order valence-electron chi connectivity index (χ3n) is 3.58. The van der Waals surface area contributed by atoms with Gasteiger partial charge in [0.1, 0.15) is 0 Å². The topological polar surface area (TPSA) is 29.9 Å². The Hall–Kier alpha value is -1.13. The van der Waals surface area contributed by atoms with E-state index in [1.165, 1.54) is 17.0 Å². The quantitative estimate of drug-likeness (QED) is 0.919. The van der Waals surface area contributed by atoms with Crippen molar-refractivity contribution in [1.29, 1.82) is 0 Å². The number of nitrogens with one attached hydrogen (secondary N) is 1. The highest BCUT2D eigenvalue weighted by atomic mass is 79.9. The van der Waals surface area contributed by atoms with Gasteiger partial charge in [0.05, 0.1) is 17.1 Å². The normalized spacial score (nSPS) is 14.7. The highest BCUT2D eigenvalue weighted by molar-refractivity contribution is 9.10. The van der Waals surface area contributed by atoms with Crippen molar-refractivity contribution in [3.63, 3.8) is 0 Å². The Morgan fingerprint density at radius 2 is 2.00 bits per heavy atom. The Morgan fingerprint density at radius 1 is 1.26 bits per heavy atom. The molecular weight excluding hydrogens is 302 g/mol. The molecule has 0 bridgehead atoms. The van der Waals surface area contributed by atoms with Crippen LogP contribution in [-0.4, -0.2) is 16.3 Å². The first-order valence-electron chi connectivity index (χ1n) is 6.74. The minimum Gasteiger partial charge on any atom is -0.312 e. The third-order valence-corrected chi connectivity index (χ3v) is 4.11. The largest absolute Gasteiger partial charge is 0.312 e. The van der Waals surface area contributed by atoms with E-state index >= 15 is 0 Å². The lowest BCUT2D eigenvalue weighted by Crippen LogP contribution is -2.25. The van der Waals surface area contributed by atoms with E-state index in [4.69, 9.17) is 5.10 Å². The van der Waals surface area contributed by atoms with Crippen LogP contribution in [0.4, 0.5) is 0 Å². The van der Waals surface area contributed by atoms with Crippen molar-refractivity contribution in [2.75, 3.05) is 6.54 Å². The van der Waals surface area contributed by atoms with Gasteiger partial charge in [-0.1, -0.05) is 29.8 Å². The standard InChI is InChI=1S/C15H18BrN3/c1-10(2)15-13-9-17-8-7-14(13)19(18-15)12-5-3-11(16)4-6-12/h3-6,10,17H,7-9H2,1-2H3. The maximum absolute atomic E-state index is 4.85. The van der Waals surface area contributed by atoms with E-state index in [1.807, 2.05) is 0 Å². The minimum absolute atomic E-state index is 0.463. The van der Waals surface area contributed by atoms with Crippen LogP contribution < -0.4 is 5.32 Å². The molecule has 19 heavy (non-hydrogen) atoms. The lowest BCUT2D eigenvalue weighted by atomic mass is 10.0. The van der Waals surface area contributed by atoms with Gasteiger partial charge in [-0.25, -0.2) is 4.68 Å². The average molecular weight is 320 g/mol. The maximum atomic E-state index is 4.85. The molecule has 1 aliphatic heterocycles. The van der Waals surface area contributed by atoms with Crippen molar-refractivity contribution in [3.05, 3.63) is 45.7 Å². The van der Waals surface area contributed by atoms with Gasteiger partial charge in [-0.15, -0.1) is 0 Å². The van der Waals surface area contributed by atoms with E-state index in [9.17, 15) is 0 Å². The van der Waals surface area contributed by atoms with E-state index in [0.29, 0.717) is 5.92 Å². The summed E-state index contributed by atoms with van der Waals surface area (Å²) in [6, 6.07) is 8.37. The Kier molecular flexibility index (Phi) is 3.46. The van der Waals surface area contributed by atoms with Gasteiger partial charge in [0.25, 0.3) is 0 Å². The molecule has 1 aliphatic rings. The van der Waals surface area contributed by atoms with Crippen molar-refractivity contribution in [1.82, 2.24) is 15.1 Å². The lowest BCUT2D eigenvalue weighted by molar-refractivity contribution is 0.620. The number of fused-ring (bicyclic) bond motifs is 1. The molecule has 0 saturated heterocycles. The smallest absolute Gasteiger partial charge is 0.0702 e. The fraction of sp³-hybridized carbons (Fsp3) is 0.400. The second-order valence-corrected chi connectivity index (χ2v) is 6.20. The van der Waals surface area contributed by atoms with Crippen molar-refractivity contribution >= 4 is 15.9 Å². The molecule has 0 unspecified atom stereocenters. The molecule has 0 spiro atoms. The first-order chi connectivity index (χ1) is 9.16. The first-order valence-corrected chi connectivity index (χ1v) is 7.53. The van der Waals surface area contributed by atoms with Crippen LogP contribution in [0.3, 0.4) is 0 Å². The fourth-order valence-corrected chi connectivity index (χ4v) is 2.90. The van der Waals surface area contributed by atoms with E-state index < -0.39 is 0 Å². The van der Waals surface area contributed by atoms with Crippen LogP contribution in [0.2, 0.25) is 0 Å². The van der Waals surface area contributed by atoms with Crippen molar-refractivity contribution in [2.24, 2.45) is 0 Å². The van der Waals surface area contributed by atoms with Crippen LogP contribution >= 0.6 is 15.9 Å². The van der Waals surface area contributed by atoms with Gasteiger partial charge in [-0.3, -0.25) is 0 Å². The number of nitrogens with zero attached hydrogens (tertiary/aromatic N) is 2. The minimum atomic E-state index is 0.463. The molecule has 3 rings (SSSR count). The average Bonchev–Trinajstić information content (AvgIpc) is 2.79. The number of halogens is 1. The molecule has 1 aromatic heterocycles. The number of hydrogen-bond donors (Lipinski definition) is 1. The fourth-order valence-electron chi connectivity index (χ4n) is 2.63. The summed E-state index contributed by atoms with van der Waals surface area (Å²) in [5, 5.41) is 8.30. The molecule has 1 N–H and O–H groups in total. The van der Waals surface area contributed by atoms with Gasteiger partial charge in [0, 0.05) is 29.5 Å². The molecule has 0 amide bonds. The Bertz CT molecular complexity index is 584. The van der Waals surface area contributed by atoms with Crippen LogP contribution in [0.1, 0.15) is 36.7 Å². The summed E-state index contributed by atoms with van der Waals surface area (Å²) in [6.07, 6.45) is 1.05. The molecule has 0 aliphatic carbocycles. The van der Waals surface area contributed by atoms with Crippen molar-refractivity contribution in [2.45, 2.75) is 32.7 Å². The predicted molar refractivity (Wildman–Crippen MR) is 80.8 cm³/mol. The van der Waals surface area contributed by atoms with E-state index in [-0.39, 0.29) is 0 Å². The van der Waals surface area contributed by atoms with Gasteiger partial charge >= 0.3 is 0 Å². The molecule has 2 aromatic rings. The number of benzene rings is 1. The second kappa shape index (κ2) is 5.10. The highest BCUT2D eigenvalue weighted by Gasteiger charge is 2.22. The summed E-state index contributed by atoms with van der Waals surface area (Å²) >= 11 is 3.48. The molecule has 100 valence electrons. The molecule has 0 atom stereocenters. The zero-order chi connectivity index (χ0) is 13.4. The molecular formula is C15H18BrN3. The Labute approximate surface area is 122 Å². The molecule has 0 radical (unpaired) electrons.